The molecule has 0 amide bonds. The first-order valence-electron chi connectivity index (χ1n) is 6.37. The number of halogens is 1. The van der Waals surface area contributed by atoms with Gasteiger partial charge < -0.3 is 30.3 Å². The van der Waals surface area contributed by atoms with Gasteiger partial charge in [-0.25, -0.2) is 12.1 Å². The Kier molecular flexibility index (Phi) is 11.6. The summed E-state index contributed by atoms with van der Waals surface area (Å²) in [7, 11) is 0. The van der Waals surface area contributed by atoms with Gasteiger partial charge in [0, 0.05) is 17.1 Å². The molecule has 0 aliphatic heterocycles. The van der Waals surface area contributed by atoms with E-state index in [4.69, 9.17) is 0 Å². The number of alkyl halides is 1. The van der Waals surface area contributed by atoms with Crippen molar-refractivity contribution in [1.82, 2.24) is 0 Å². The van der Waals surface area contributed by atoms with Crippen molar-refractivity contribution in [3.05, 3.63) is 60.2 Å². The standard InChI is InChI=1S/C11H16Br.C5H5.Fe/c1-2-3-4-9-11(12)10-7-5-6-8-10;1-2-4-5-3-1;/h5-8,11H,2-4,9H2,1H3;1-5H;/q-1;-5;. The van der Waals surface area contributed by atoms with Gasteiger partial charge in [-0.2, -0.15) is 12.1 Å². The van der Waals surface area contributed by atoms with E-state index >= 15 is 0 Å². The van der Waals surface area contributed by atoms with E-state index in [2.05, 4.69) is 47.1 Å². The molecule has 0 saturated heterocycles. The minimum absolute atomic E-state index is 0. The van der Waals surface area contributed by atoms with E-state index in [1.54, 1.807) is 0 Å². The van der Waals surface area contributed by atoms with Gasteiger partial charge >= 0.3 is 0 Å². The fraction of sp³-hybridized carbons (Fsp3) is 0.375. The molecule has 0 heterocycles. The van der Waals surface area contributed by atoms with E-state index in [0.29, 0.717) is 4.83 Å². The van der Waals surface area contributed by atoms with Gasteiger partial charge in [0.15, 0.2) is 0 Å². The van der Waals surface area contributed by atoms with Crippen molar-refractivity contribution >= 4 is 15.9 Å². The zero-order valence-electron chi connectivity index (χ0n) is 10.8. The molecule has 2 heteroatoms. The Bertz CT molecular complexity index is 320. The van der Waals surface area contributed by atoms with Gasteiger partial charge in [-0.15, -0.1) is 5.56 Å². The number of hydrogen-bond donors (Lipinski definition) is 0. The van der Waals surface area contributed by atoms with Crippen LogP contribution in [0.25, 0.3) is 0 Å². The van der Waals surface area contributed by atoms with Crippen LogP contribution in [0.3, 0.4) is 0 Å². The van der Waals surface area contributed by atoms with Crippen LogP contribution >= 0.6 is 15.9 Å². The van der Waals surface area contributed by atoms with Crippen LogP contribution in [0.1, 0.15) is 43.0 Å². The first-order chi connectivity index (χ1) is 8.34. The molecule has 0 bridgehead atoms. The fourth-order valence-electron chi connectivity index (χ4n) is 1.66. The Hall–Kier alpha value is -0.301. The third kappa shape index (κ3) is 7.92. The van der Waals surface area contributed by atoms with E-state index in [1.165, 1.54) is 31.2 Å². The van der Waals surface area contributed by atoms with Gasteiger partial charge in [0.1, 0.15) is 0 Å². The van der Waals surface area contributed by atoms with Gasteiger partial charge in [0.25, 0.3) is 0 Å². The Morgan fingerprint density at radius 3 is 1.94 bits per heavy atom. The molecule has 0 fully saturated rings. The summed E-state index contributed by atoms with van der Waals surface area (Å²) in [6, 6.07) is 18.6. The molecule has 1 unspecified atom stereocenters. The Morgan fingerprint density at radius 2 is 1.50 bits per heavy atom. The van der Waals surface area contributed by atoms with Crippen molar-refractivity contribution in [2.45, 2.75) is 37.4 Å². The van der Waals surface area contributed by atoms with E-state index in [0.717, 1.165) is 0 Å². The third-order valence-corrected chi connectivity index (χ3v) is 3.65. The zero-order valence-corrected chi connectivity index (χ0v) is 13.5. The molecule has 1 atom stereocenters. The van der Waals surface area contributed by atoms with Crippen molar-refractivity contribution in [1.29, 1.82) is 0 Å². The molecule has 0 aliphatic carbocycles. The summed E-state index contributed by atoms with van der Waals surface area (Å²) in [5.74, 6) is 0. The second-order valence-electron chi connectivity index (χ2n) is 4.14. The molecule has 0 spiro atoms. The molecule has 0 N–H and O–H groups in total. The smallest absolute Gasteiger partial charge is 0 e. The van der Waals surface area contributed by atoms with Crippen molar-refractivity contribution < 1.29 is 17.1 Å². The van der Waals surface area contributed by atoms with Crippen molar-refractivity contribution in [2.24, 2.45) is 0 Å². The molecule has 18 heavy (non-hydrogen) atoms. The van der Waals surface area contributed by atoms with E-state index in [-0.39, 0.29) is 17.1 Å². The van der Waals surface area contributed by atoms with Crippen molar-refractivity contribution in [3.63, 3.8) is 0 Å². The van der Waals surface area contributed by atoms with E-state index in [9.17, 15) is 0 Å². The first kappa shape index (κ1) is 17.7. The van der Waals surface area contributed by atoms with Crippen molar-refractivity contribution in [3.8, 4) is 0 Å². The van der Waals surface area contributed by atoms with E-state index < -0.39 is 0 Å². The summed E-state index contributed by atoms with van der Waals surface area (Å²) in [6.45, 7) is 2.24. The minimum Gasteiger partial charge on any atom is -0.748 e. The van der Waals surface area contributed by atoms with Crippen LogP contribution in [0, 0.1) is 0 Å². The number of unbranched alkanes of at least 4 members (excludes halogenated alkanes) is 2. The zero-order chi connectivity index (χ0) is 12.3. The van der Waals surface area contributed by atoms with Gasteiger partial charge in [-0.05, 0) is 11.2 Å². The molecule has 0 aliphatic rings. The van der Waals surface area contributed by atoms with Crippen LogP contribution in [-0.4, -0.2) is 0 Å². The average molecular weight is 349 g/mol. The summed E-state index contributed by atoms with van der Waals surface area (Å²) >= 11 is 3.70. The van der Waals surface area contributed by atoms with Gasteiger partial charge in [0.05, 0.1) is 0 Å². The van der Waals surface area contributed by atoms with Crippen LogP contribution < -0.4 is 0 Å². The Labute approximate surface area is 130 Å². The van der Waals surface area contributed by atoms with E-state index in [1.807, 2.05) is 30.3 Å². The van der Waals surface area contributed by atoms with Crippen LogP contribution in [0.5, 0.6) is 0 Å². The Balaban J connectivity index is 0.000000405. The van der Waals surface area contributed by atoms with Crippen LogP contribution in [0.4, 0.5) is 0 Å². The molecular weight excluding hydrogens is 328 g/mol. The molecular formula is C16H21BrFe-6. The van der Waals surface area contributed by atoms with Gasteiger partial charge in [-0.1, -0.05) is 42.1 Å². The quantitative estimate of drug-likeness (QED) is 0.276. The van der Waals surface area contributed by atoms with Gasteiger partial charge in [0.2, 0.25) is 0 Å². The largest absolute Gasteiger partial charge is 0.748 e. The molecule has 2 aromatic rings. The third-order valence-electron chi connectivity index (χ3n) is 2.67. The van der Waals surface area contributed by atoms with Gasteiger partial charge in [-0.3, -0.25) is 0 Å². The maximum Gasteiger partial charge on any atom is 0 e. The van der Waals surface area contributed by atoms with Crippen molar-refractivity contribution in [2.75, 3.05) is 0 Å². The fourth-order valence-corrected chi connectivity index (χ4v) is 2.29. The average Bonchev–Trinajstić information content (AvgIpc) is 3.05. The molecule has 0 aromatic heterocycles. The summed E-state index contributed by atoms with van der Waals surface area (Å²) in [4.78, 5) is 0.569. The topological polar surface area (TPSA) is 0 Å². The second kappa shape index (κ2) is 11.8. The molecule has 106 valence electrons. The summed E-state index contributed by atoms with van der Waals surface area (Å²) < 4.78 is 0. The van der Waals surface area contributed by atoms with Crippen LogP contribution in [-0.2, 0) is 17.1 Å². The predicted molar refractivity (Wildman–Crippen MR) is 79.9 cm³/mol. The normalized spacial score (nSPS) is 11.0. The molecule has 2 rings (SSSR count). The Morgan fingerprint density at radius 1 is 1.00 bits per heavy atom. The second-order valence-corrected chi connectivity index (χ2v) is 5.25. The minimum atomic E-state index is 0. The molecule has 0 nitrogen and oxygen atoms in total. The maximum absolute atomic E-state index is 3.70. The number of hydrogen-bond acceptors (Lipinski definition) is 0. The van der Waals surface area contributed by atoms with Crippen LogP contribution in [0.2, 0.25) is 0 Å². The SMILES string of the molecule is CCCCCC(Br)[c-]1cccc1.[Fe].[cH-]1[cH-][cH-][cH-][cH-]1. The predicted octanol–water partition coefficient (Wildman–Crippen LogP) is 5.82. The van der Waals surface area contributed by atoms with Crippen LogP contribution in [0.15, 0.2) is 54.6 Å². The number of rotatable bonds is 5. The first-order valence-corrected chi connectivity index (χ1v) is 7.28. The summed E-state index contributed by atoms with van der Waals surface area (Å²) in [5.41, 5.74) is 1.42. The molecule has 2 aromatic carbocycles. The maximum atomic E-state index is 3.70. The molecule has 0 saturated carbocycles. The summed E-state index contributed by atoms with van der Waals surface area (Å²) in [6.07, 6.45) is 5.25. The summed E-state index contributed by atoms with van der Waals surface area (Å²) in [5, 5.41) is 0. The molecule has 0 radical (unpaired) electrons. The monoisotopic (exact) mass is 348 g/mol.